The molecule has 0 spiro atoms. The maximum Gasteiger partial charge on any atom is 0.311 e. The van der Waals surface area contributed by atoms with E-state index in [1.165, 1.54) is 19.3 Å². The summed E-state index contributed by atoms with van der Waals surface area (Å²) in [4.78, 5) is 31.6. The number of esters is 1. The van der Waals surface area contributed by atoms with Crippen LogP contribution in [0.3, 0.4) is 0 Å². The van der Waals surface area contributed by atoms with Gasteiger partial charge in [-0.15, -0.1) is 11.3 Å². The van der Waals surface area contributed by atoms with Gasteiger partial charge in [0.05, 0.1) is 4.88 Å². The number of ether oxygens (including phenoxy) is 1. The largest absolute Gasteiger partial charge is 0.422 e. The summed E-state index contributed by atoms with van der Waals surface area (Å²) in [6.45, 7) is 0.694. The highest BCUT2D eigenvalue weighted by Gasteiger charge is 2.40. The van der Waals surface area contributed by atoms with Crippen molar-refractivity contribution in [2.75, 3.05) is 33.0 Å². The molecule has 160 valence electrons. The van der Waals surface area contributed by atoms with Crippen LogP contribution in [-0.4, -0.2) is 62.2 Å². The lowest BCUT2D eigenvalue weighted by atomic mass is 10.2. The van der Waals surface area contributed by atoms with Gasteiger partial charge < -0.3 is 15.0 Å². The lowest BCUT2D eigenvalue weighted by Gasteiger charge is -2.28. The number of likely N-dealkylation sites (N-methyl/N-ethyl adjacent to an activating group) is 1. The molecule has 2 aromatic rings. The highest BCUT2D eigenvalue weighted by atomic mass is 32.2. The van der Waals surface area contributed by atoms with Gasteiger partial charge in [-0.05, 0) is 50.6 Å². The minimum absolute atomic E-state index is 0.000442. The fourth-order valence-corrected chi connectivity index (χ4v) is 5.43. The molecular weight excluding hydrogens is 428 g/mol. The van der Waals surface area contributed by atoms with Gasteiger partial charge in [0.25, 0.3) is 15.9 Å². The molecule has 0 saturated carbocycles. The molecule has 0 saturated heterocycles. The molecule has 11 heteroatoms. The first-order valence-electron chi connectivity index (χ1n) is 9.10. The molecule has 1 aliphatic heterocycles. The highest BCUT2D eigenvalue weighted by Crippen LogP contribution is 2.40. The smallest absolute Gasteiger partial charge is 0.311 e. The van der Waals surface area contributed by atoms with E-state index in [1.807, 2.05) is 19.0 Å². The van der Waals surface area contributed by atoms with Crippen LogP contribution in [0.2, 0.25) is 0 Å². The van der Waals surface area contributed by atoms with Crippen LogP contribution < -0.4 is 5.32 Å². The van der Waals surface area contributed by atoms with E-state index in [-0.39, 0.29) is 33.5 Å². The Morgan fingerprint density at radius 2 is 2.03 bits per heavy atom. The number of rotatable bonds is 7. The minimum atomic E-state index is -3.95. The van der Waals surface area contributed by atoms with Crippen molar-refractivity contribution in [1.29, 1.82) is 0 Å². The third kappa shape index (κ3) is 4.53. The maximum atomic E-state index is 13.0. The van der Waals surface area contributed by atoms with Crippen molar-refractivity contribution in [2.24, 2.45) is 0 Å². The predicted octanol–water partition coefficient (Wildman–Crippen LogP) is 1.97. The van der Waals surface area contributed by atoms with Gasteiger partial charge in [-0.1, -0.05) is 6.07 Å². The molecule has 0 aromatic carbocycles. The van der Waals surface area contributed by atoms with Gasteiger partial charge in [0.15, 0.2) is 11.5 Å². The second kappa shape index (κ2) is 8.94. The monoisotopic (exact) mass is 450 g/mol. The zero-order valence-electron chi connectivity index (χ0n) is 16.8. The molecule has 2 aromatic heterocycles. The summed E-state index contributed by atoms with van der Waals surface area (Å²) in [5.41, 5.74) is -0.267. The first kappa shape index (κ1) is 21.9. The molecule has 0 aliphatic carbocycles. The number of aromatic nitrogens is 1. The van der Waals surface area contributed by atoms with Gasteiger partial charge in [-0.2, -0.15) is 0 Å². The van der Waals surface area contributed by atoms with E-state index in [1.54, 1.807) is 23.6 Å². The van der Waals surface area contributed by atoms with E-state index >= 15 is 0 Å². The molecule has 0 fully saturated rings. The van der Waals surface area contributed by atoms with Crippen LogP contribution in [-0.2, 0) is 24.3 Å². The Labute approximate surface area is 179 Å². The molecule has 1 N–H and O–H groups in total. The Bertz CT molecular complexity index is 1080. The van der Waals surface area contributed by atoms with Gasteiger partial charge in [0, 0.05) is 19.7 Å². The number of carbonyl (C=O) groups excluding carboxylic acids is 2. The number of hydrogen-bond acceptors (Lipinski definition) is 8. The summed E-state index contributed by atoms with van der Waals surface area (Å²) in [5.74, 6) is -1.10. The van der Waals surface area contributed by atoms with Gasteiger partial charge in [-0.3, -0.25) is 13.9 Å². The van der Waals surface area contributed by atoms with Crippen LogP contribution in [0.5, 0.6) is 0 Å². The summed E-state index contributed by atoms with van der Waals surface area (Å²) in [6, 6.07) is 6.37. The van der Waals surface area contributed by atoms with Crippen molar-refractivity contribution in [3.05, 3.63) is 46.4 Å². The molecule has 0 atom stereocenters. The van der Waals surface area contributed by atoms with Crippen LogP contribution in [0.1, 0.15) is 17.7 Å². The number of thiophene rings is 1. The van der Waals surface area contributed by atoms with Crippen LogP contribution in [0.15, 0.2) is 46.4 Å². The molecule has 0 radical (unpaired) electrons. The molecule has 9 nitrogen and oxygen atoms in total. The molecule has 0 bridgehead atoms. The quantitative estimate of drug-likeness (QED) is 0.643. The number of sulfonamides is 1. The number of nitrogens with zero attached hydrogens (tertiary/aromatic N) is 3. The number of nitrogens with one attached hydrogen (secondary N) is 1. The van der Waals surface area contributed by atoms with Crippen molar-refractivity contribution in [2.45, 2.75) is 17.7 Å². The maximum absolute atomic E-state index is 13.0. The molecule has 3 heterocycles. The van der Waals surface area contributed by atoms with E-state index < -0.39 is 21.9 Å². The molecule has 0 unspecified atom stereocenters. The Hall–Kier alpha value is -2.76. The van der Waals surface area contributed by atoms with Gasteiger partial charge in [0.2, 0.25) is 0 Å². The van der Waals surface area contributed by atoms with Gasteiger partial charge in [-0.25, -0.2) is 13.4 Å². The Kier molecular flexibility index (Phi) is 6.54. The standard InChI is InChI=1S/C19H22N4O5S2/c1-22(2)11-6-8-15(24)28-17-16(19(25)21-14-7-4-5-10-20-14)23(3)30(26,27)13-9-12-29-18(13)17/h4-5,7,9-10,12H,6,8,11H2,1-3H3,(H,20,21,25). The van der Waals surface area contributed by atoms with Crippen LogP contribution in [0.4, 0.5) is 5.82 Å². The fourth-order valence-electron chi connectivity index (χ4n) is 2.84. The van der Waals surface area contributed by atoms with Crippen molar-refractivity contribution >= 4 is 44.8 Å². The Morgan fingerprint density at radius 1 is 1.27 bits per heavy atom. The number of fused-ring (bicyclic) bond motifs is 1. The van der Waals surface area contributed by atoms with E-state index in [4.69, 9.17) is 4.74 Å². The Morgan fingerprint density at radius 3 is 2.70 bits per heavy atom. The number of hydrogen-bond donors (Lipinski definition) is 1. The molecular formula is C19H22N4O5S2. The first-order valence-corrected chi connectivity index (χ1v) is 11.4. The first-order chi connectivity index (χ1) is 14.2. The number of pyridine rings is 1. The summed E-state index contributed by atoms with van der Waals surface area (Å²) >= 11 is 1.09. The SMILES string of the molecule is CN(C)CCCC(=O)OC1=C(C(=O)Nc2ccccn2)N(C)S(=O)(=O)c2ccsc21. The average Bonchev–Trinajstić information content (AvgIpc) is 3.18. The summed E-state index contributed by atoms with van der Waals surface area (Å²) in [6.07, 6.45) is 2.20. The fraction of sp³-hybridized carbons (Fsp3) is 0.316. The molecule has 1 amide bonds. The normalized spacial score (nSPS) is 15.1. The third-order valence-electron chi connectivity index (χ3n) is 4.33. The molecule has 3 rings (SSSR count). The summed E-state index contributed by atoms with van der Waals surface area (Å²) in [7, 11) is 1.09. The van der Waals surface area contributed by atoms with Crippen molar-refractivity contribution < 1.29 is 22.7 Å². The zero-order valence-corrected chi connectivity index (χ0v) is 18.4. The second-order valence-electron chi connectivity index (χ2n) is 6.81. The minimum Gasteiger partial charge on any atom is -0.422 e. The van der Waals surface area contributed by atoms with Crippen LogP contribution in [0, 0.1) is 0 Å². The second-order valence-corrected chi connectivity index (χ2v) is 9.67. The van der Waals surface area contributed by atoms with E-state index in [2.05, 4.69) is 10.3 Å². The number of amides is 1. The summed E-state index contributed by atoms with van der Waals surface area (Å²) in [5, 5.41) is 4.14. The van der Waals surface area contributed by atoms with Crippen molar-refractivity contribution in [1.82, 2.24) is 14.2 Å². The lowest BCUT2D eigenvalue weighted by molar-refractivity contribution is -0.136. The average molecular weight is 451 g/mol. The van der Waals surface area contributed by atoms with E-state index in [0.717, 1.165) is 15.6 Å². The topological polar surface area (TPSA) is 109 Å². The number of carbonyl (C=O) groups is 2. The number of anilines is 1. The van der Waals surface area contributed by atoms with Crippen LogP contribution >= 0.6 is 11.3 Å². The molecule has 30 heavy (non-hydrogen) atoms. The Balaban J connectivity index is 1.98. The van der Waals surface area contributed by atoms with Gasteiger partial charge >= 0.3 is 5.97 Å². The zero-order chi connectivity index (χ0) is 21.9. The third-order valence-corrected chi connectivity index (χ3v) is 7.17. The molecule has 1 aliphatic rings. The van der Waals surface area contributed by atoms with Crippen molar-refractivity contribution in [3.63, 3.8) is 0 Å². The van der Waals surface area contributed by atoms with E-state index in [0.29, 0.717) is 13.0 Å². The lowest BCUT2D eigenvalue weighted by Crippen LogP contribution is -2.37. The predicted molar refractivity (Wildman–Crippen MR) is 113 cm³/mol. The van der Waals surface area contributed by atoms with Crippen molar-refractivity contribution in [3.8, 4) is 0 Å². The van der Waals surface area contributed by atoms with Gasteiger partial charge in [0.1, 0.15) is 10.7 Å². The van der Waals surface area contributed by atoms with E-state index in [9.17, 15) is 18.0 Å². The highest BCUT2D eigenvalue weighted by molar-refractivity contribution is 7.89. The van der Waals surface area contributed by atoms with Crippen LogP contribution in [0.25, 0.3) is 5.76 Å². The summed E-state index contributed by atoms with van der Waals surface area (Å²) < 4.78 is 32.1.